The number of rotatable bonds is 7. The Bertz CT molecular complexity index is 610. The molecule has 114 valence electrons. The molecule has 0 bridgehead atoms. The number of carbonyl (C=O) groups excluding carboxylic acids is 1. The zero-order chi connectivity index (χ0) is 15.3. The van der Waals surface area contributed by atoms with E-state index in [1.165, 1.54) is 0 Å². The second-order valence-electron chi connectivity index (χ2n) is 4.86. The van der Waals surface area contributed by atoms with Gasteiger partial charge in [-0.3, -0.25) is 4.79 Å². The number of amides is 1. The molecule has 1 unspecified atom stereocenters. The SMILES string of the molecule is CCCCO/C=C/S(=O)(=O)N1C(=O)CC1c1ccccc1. The number of β-lactam (4-membered cyclic amide) rings is 1. The Morgan fingerprint density at radius 3 is 2.67 bits per heavy atom. The zero-order valence-corrected chi connectivity index (χ0v) is 12.8. The lowest BCUT2D eigenvalue weighted by atomic mass is 9.97. The van der Waals surface area contributed by atoms with Gasteiger partial charge in [0.2, 0.25) is 5.91 Å². The lowest BCUT2D eigenvalue weighted by Crippen LogP contribution is -2.49. The van der Waals surface area contributed by atoms with Crippen molar-refractivity contribution in [2.24, 2.45) is 0 Å². The summed E-state index contributed by atoms with van der Waals surface area (Å²) in [6, 6.07) is 8.73. The Morgan fingerprint density at radius 1 is 1.33 bits per heavy atom. The average Bonchev–Trinajstić information content (AvgIpc) is 2.44. The standard InChI is InChI=1S/C15H19NO4S/c1-2-3-9-20-10-11-21(18,19)16-14(12-15(16)17)13-7-5-4-6-8-13/h4-8,10-11,14H,2-3,9,12H2,1H3/b11-10+. The molecule has 1 aromatic rings. The van der Waals surface area contributed by atoms with Crippen molar-refractivity contribution < 1.29 is 17.9 Å². The second-order valence-corrected chi connectivity index (χ2v) is 6.56. The van der Waals surface area contributed by atoms with Crippen LogP contribution in [0.3, 0.4) is 0 Å². The number of sulfonamides is 1. The van der Waals surface area contributed by atoms with Crippen molar-refractivity contribution in [3.63, 3.8) is 0 Å². The van der Waals surface area contributed by atoms with Crippen molar-refractivity contribution in [3.05, 3.63) is 47.6 Å². The lowest BCUT2D eigenvalue weighted by Gasteiger charge is -2.38. The lowest BCUT2D eigenvalue weighted by molar-refractivity contribution is -0.137. The molecule has 6 heteroatoms. The summed E-state index contributed by atoms with van der Waals surface area (Å²) >= 11 is 0. The Morgan fingerprint density at radius 2 is 2.05 bits per heavy atom. The first kappa shape index (κ1) is 15.6. The van der Waals surface area contributed by atoms with E-state index < -0.39 is 16.1 Å². The number of ether oxygens (including phenoxy) is 1. The summed E-state index contributed by atoms with van der Waals surface area (Å²) in [6.07, 6.45) is 3.20. The summed E-state index contributed by atoms with van der Waals surface area (Å²) in [7, 11) is -3.78. The van der Waals surface area contributed by atoms with Crippen molar-refractivity contribution in [3.8, 4) is 0 Å². The van der Waals surface area contributed by atoms with Crippen LogP contribution in [0.1, 0.15) is 37.8 Å². The Balaban J connectivity index is 2.06. The molecule has 1 atom stereocenters. The smallest absolute Gasteiger partial charge is 0.263 e. The summed E-state index contributed by atoms with van der Waals surface area (Å²) in [4.78, 5) is 11.7. The molecule has 5 nitrogen and oxygen atoms in total. The maximum Gasteiger partial charge on any atom is 0.263 e. The molecular weight excluding hydrogens is 290 g/mol. The fourth-order valence-corrected chi connectivity index (χ4v) is 3.38. The molecule has 0 saturated carbocycles. The van der Waals surface area contributed by atoms with Gasteiger partial charge in [-0.15, -0.1) is 0 Å². The molecule has 1 saturated heterocycles. The Labute approximate surface area is 125 Å². The van der Waals surface area contributed by atoms with Crippen LogP contribution in [0.15, 0.2) is 42.0 Å². The normalized spacial score (nSPS) is 18.8. The van der Waals surface area contributed by atoms with Crippen LogP contribution in [0, 0.1) is 0 Å². The number of nitrogens with zero attached hydrogens (tertiary/aromatic N) is 1. The zero-order valence-electron chi connectivity index (χ0n) is 11.9. The first-order valence-corrected chi connectivity index (χ1v) is 8.47. The van der Waals surface area contributed by atoms with Crippen LogP contribution in [0.5, 0.6) is 0 Å². The van der Waals surface area contributed by atoms with Gasteiger partial charge >= 0.3 is 0 Å². The summed E-state index contributed by atoms with van der Waals surface area (Å²) in [6.45, 7) is 2.49. The molecule has 2 rings (SSSR count). The predicted molar refractivity (Wildman–Crippen MR) is 79.6 cm³/mol. The number of benzene rings is 1. The molecule has 0 spiro atoms. The van der Waals surface area contributed by atoms with Crippen LogP contribution >= 0.6 is 0 Å². The maximum atomic E-state index is 12.2. The highest BCUT2D eigenvalue weighted by molar-refractivity contribution is 7.92. The van der Waals surface area contributed by atoms with Crippen LogP contribution < -0.4 is 0 Å². The molecule has 1 fully saturated rings. The van der Waals surface area contributed by atoms with Crippen LogP contribution in [0.2, 0.25) is 0 Å². The number of carbonyl (C=O) groups is 1. The summed E-state index contributed by atoms with van der Waals surface area (Å²) in [5.74, 6) is -0.387. The van der Waals surface area contributed by atoms with Gasteiger partial charge in [0.05, 0.1) is 30.7 Å². The van der Waals surface area contributed by atoms with E-state index >= 15 is 0 Å². The first-order chi connectivity index (χ1) is 10.1. The summed E-state index contributed by atoms with van der Waals surface area (Å²) < 4.78 is 30.4. The minimum absolute atomic E-state index is 0.216. The van der Waals surface area contributed by atoms with E-state index in [4.69, 9.17) is 4.74 Å². The quantitative estimate of drug-likeness (QED) is 0.441. The number of unbranched alkanes of at least 4 members (excludes halogenated alkanes) is 1. The summed E-state index contributed by atoms with van der Waals surface area (Å²) in [5, 5.41) is 0.954. The first-order valence-electron chi connectivity index (χ1n) is 6.96. The number of hydrogen-bond donors (Lipinski definition) is 0. The monoisotopic (exact) mass is 309 g/mol. The van der Waals surface area contributed by atoms with E-state index in [0.717, 1.165) is 34.4 Å². The molecule has 1 amide bonds. The van der Waals surface area contributed by atoms with Gasteiger partial charge in [0.25, 0.3) is 10.0 Å². The topological polar surface area (TPSA) is 63.7 Å². The molecule has 0 aromatic heterocycles. The molecule has 1 aliphatic heterocycles. The van der Waals surface area contributed by atoms with E-state index in [9.17, 15) is 13.2 Å². The molecule has 1 aliphatic rings. The van der Waals surface area contributed by atoms with E-state index in [1.807, 2.05) is 37.3 Å². The average molecular weight is 309 g/mol. The van der Waals surface area contributed by atoms with E-state index in [-0.39, 0.29) is 12.3 Å². The van der Waals surface area contributed by atoms with Crippen molar-refractivity contribution in [2.45, 2.75) is 32.2 Å². The van der Waals surface area contributed by atoms with E-state index in [0.29, 0.717) is 6.61 Å². The molecule has 1 aromatic carbocycles. The van der Waals surface area contributed by atoms with Gasteiger partial charge in [-0.2, -0.15) is 0 Å². The highest BCUT2D eigenvalue weighted by Crippen LogP contribution is 2.37. The molecule has 1 heterocycles. The van der Waals surface area contributed by atoms with Crippen LogP contribution in [0.25, 0.3) is 0 Å². The van der Waals surface area contributed by atoms with Gasteiger partial charge in [0, 0.05) is 0 Å². The largest absolute Gasteiger partial charge is 0.500 e. The minimum Gasteiger partial charge on any atom is -0.500 e. The molecule has 0 N–H and O–H groups in total. The van der Waals surface area contributed by atoms with Crippen molar-refractivity contribution in [1.82, 2.24) is 4.31 Å². The van der Waals surface area contributed by atoms with Crippen LogP contribution in [0.4, 0.5) is 0 Å². The maximum absolute atomic E-state index is 12.2. The van der Waals surface area contributed by atoms with Gasteiger partial charge in [0.1, 0.15) is 0 Å². The van der Waals surface area contributed by atoms with Crippen molar-refractivity contribution in [2.75, 3.05) is 6.61 Å². The van der Waals surface area contributed by atoms with Crippen LogP contribution in [-0.2, 0) is 19.6 Å². The van der Waals surface area contributed by atoms with Gasteiger partial charge in [-0.25, -0.2) is 12.7 Å². The Hall–Kier alpha value is -1.82. The van der Waals surface area contributed by atoms with Crippen molar-refractivity contribution >= 4 is 15.9 Å². The van der Waals surface area contributed by atoms with Crippen LogP contribution in [-0.4, -0.2) is 25.2 Å². The highest BCUT2D eigenvalue weighted by atomic mass is 32.2. The molecular formula is C15H19NO4S. The summed E-state index contributed by atoms with van der Waals surface area (Å²) in [5.41, 5.74) is 0.820. The van der Waals surface area contributed by atoms with Gasteiger partial charge in [0.15, 0.2) is 0 Å². The third kappa shape index (κ3) is 3.64. The predicted octanol–water partition coefficient (Wildman–Crippen LogP) is 2.58. The van der Waals surface area contributed by atoms with Gasteiger partial charge in [-0.1, -0.05) is 43.7 Å². The fraction of sp³-hybridized carbons (Fsp3) is 0.400. The number of hydrogen-bond acceptors (Lipinski definition) is 4. The Kier molecular flexibility index (Phi) is 5.01. The third-order valence-electron chi connectivity index (χ3n) is 3.29. The minimum atomic E-state index is -3.78. The van der Waals surface area contributed by atoms with Crippen molar-refractivity contribution in [1.29, 1.82) is 0 Å². The van der Waals surface area contributed by atoms with Gasteiger partial charge < -0.3 is 4.74 Å². The van der Waals surface area contributed by atoms with Gasteiger partial charge in [-0.05, 0) is 12.0 Å². The molecule has 21 heavy (non-hydrogen) atoms. The third-order valence-corrected chi connectivity index (χ3v) is 4.76. The highest BCUT2D eigenvalue weighted by Gasteiger charge is 2.44. The van der Waals surface area contributed by atoms with E-state index in [2.05, 4.69) is 0 Å². The molecule has 0 radical (unpaired) electrons. The second kappa shape index (κ2) is 6.76. The fourth-order valence-electron chi connectivity index (χ4n) is 2.12. The molecule has 0 aliphatic carbocycles. The van der Waals surface area contributed by atoms with E-state index in [1.54, 1.807) is 0 Å².